The molecule has 0 saturated carbocycles. The van der Waals surface area contributed by atoms with Crippen molar-refractivity contribution in [2.45, 2.75) is 6.18 Å². The summed E-state index contributed by atoms with van der Waals surface area (Å²) >= 11 is 12.7. The lowest BCUT2D eigenvalue weighted by molar-refractivity contribution is -0.146. The van der Waals surface area contributed by atoms with Crippen LogP contribution < -0.4 is 0 Å². The number of benzene rings is 1. The van der Waals surface area contributed by atoms with Crippen LogP contribution in [0.3, 0.4) is 0 Å². The van der Waals surface area contributed by atoms with Crippen LogP contribution in [0.1, 0.15) is 5.82 Å². The van der Waals surface area contributed by atoms with E-state index in [1.54, 1.807) is 12.1 Å². The molecule has 0 amide bonds. The molecular weight excluding hydrogens is 336 g/mol. The van der Waals surface area contributed by atoms with Gasteiger partial charge in [0.2, 0.25) is 4.96 Å². The summed E-state index contributed by atoms with van der Waals surface area (Å²) in [4.78, 5) is 0.0401. The Bertz CT molecular complexity index is 795. The summed E-state index contributed by atoms with van der Waals surface area (Å²) in [7, 11) is 0. The molecule has 0 saturated heterocycles. The van der Waals surface area contributed by atoms with E-state index in [0.717, 1.165) is 11.3 Å². The molecule has 3 rings (SSSR count). The van der Waals surface area contributed by atoms with Crippen LogP contribution in [-0.2, 0) is 6.18 Å². The largest absolute Gasteiger partial charge is 0.453 e. The van der Waals surface area contributed by atoms with Gasteiger partial charge in [-0.2, -0.15) is 22.8 Å². The van der Waals surface area contributed by atoms with E-state index in [9.17, 15) is 13.2 Å². The average Bonchev–Trinajstić information content (AvgIpc) is 2.86. The molecule has 4 nitrogen and oxygen atoms in total. The minimum Gasteiger partial charge on any atom is -0.178 e. The monoisotopic (exact) mass is 338 g/mol. The highest BCUT2D eigenvalue weighted by Gasteiger charge is 2.38. The Hall–Kier alpha value is -1.38. The molecule has 0 atom stereocenters. The standard InChI is InChI=1S/C10H3Cl2F3N4S/c11-4-1-2-5(6(12)3-4)7-18-19-8(10(13,14)15)16-17-9(19)20-7/h1-3H. The molecular formula is C10H3Cl2F3N4S. The van der Waals surface area contributed by atoms with E-state index in [0.29, 0.717) is 25.1 Å². The minimum atomic E-state index is -4.62. The van der Waals surface area contributed by atoms with E-state index in [1.165, 1.54) is 6.07 Å². The van der Waals surface area contributed by atoms with E-state index in [4.69, 9.17) is 23.2 Å². The van der Waals surface area contributed by atoms with Crippen molar-refractivity contribution in [1.29, 1.82) is 0 Å². The van der Waals surface area contributed by atoms with Crippen LogP contribution in [0.25, 0.3) is 15.5 Å². The number of rotatable bonds is 1. The van der Waals surface area contributed by atoms with E-state index in [1.807, 2.05) is 0 Å². The summed E-state index contributed by atoms with van der Waals surface area (Å²) in [5, 5.41) is 11.4. The maximum atomic E-state index is 12.7. The van der Waals surface area contributed by atoms with Crippen molar-refractivity contribution >= 4 is 39.5 Å². The topological polar surface area (TPSA) is 43.1 Å². The smallest absolute Gasteiger partial charge is 0.178 e. The number of alkyl halides is 3. The normalized spacial score (nSPS) is 12.2. The van der Waals surface area contributed by atoms with Gasteiger partial charge in [-0.05, 0) is 18.2 Å². The molecule has 3 aromatic rings. The zero-order chi connectivity index (χ0) is 14.5. The third-order valence-electron chi connectivity index (χ3n) is 2.41. The molecule has 10 heteroatoms. The summed E-state index contributed by atoms with van der Waals surface area (Å²) in [6.07, 6.45) is -4.62. The molecule has 0 unspecified atom stereocenters. The second-order valence-corrected chi connectivity index (χ2v) is 5.55. The Morgan fingerprint density at radius 1 is 1.15 bits per heavy atom. The first-order chi connectivity index (χ1) is 9.36. The second-order valence-electron chi connectivity index (χ2n) is 3.75. The van der Waals surface area contributed by atoms with Gasteiger partial charge in [0.1, 0.15) is 5.01 Å². The van der Waals surface area contributed by atoms with E-state index < -0.39 is 12.0 Å². The first kappa shape index (κ1) is 13.6. The van der Waals surface area contributed by atoms with Crippen molar-refractivity contribution in [2.24, 2.45) is 0 Å². The van der Waals surface area contributed by atoms with Gasteiger partial charge in [-0.1, -0.05) is 34.5 Å². The van der Waals surface area contributed by atoms with Gasteiger partial charge >= 0.3 is 6.18 Å². The van der Waals surface area contributed by atoms with E-state index >= 15 is 0 Å². The van der Waals surface area contributed by atoms with Crippen molar-refractivity contribution in [3.63, 3.8) is 0 Å². The quantitative estimate of drug-likeness (QED) is 0.668. The number of halogens is 5. The van der Waals surface area contributed by atoms with Gasteiger partial charge in [0.15, 0.2) is 0 Å². The SMILES string of the molecule is FC(F)(F)c1nnc2sc(-c3ccc(Cl)cc3Cl)nn12. The molecule has 0 fully saturated rings. The van der Waals surface area contributed by atoms with E-state index in [-0.39, 0.29) is 4.96 Å². The predicted molar refractivity (Wildman–Crippen MR) is 69.1 cm³/mol. The third-order valence-corrected chi connectivity index (χ3v) is 3.89. The maximum Gasteiger partial charge on any atom is 0.453 e. The fraction of sp³-hybridized carbons (Fsp3) is 0.100. The third kappa shape index (κ3) is 2.23. The van der Waals surface area contributed by atoms with Crippen LogP contribution in [0.5, 0.6) is 0 Å². The predicted octanol–water partition coefficient (Wildman–Crippen LogP) is 4.18. The highest BCUT2D eigenvalue weighted by Crippen LogP contribution is 2.35. The van der Waals surface area contributed by atoms with Crippen LogP contribution in [0.2, 0.25) is 10.0 Å². The van der Waals surface area contributed by atoms with Gasteiger partial charge in [0, 0.05) is 10.6 Å². The Balaban J connectivity index is 2.16. The Kier molecular flexibility index (Phi) is 3.11. The van der Waals surface area contributed by atoms with Crippen LogP contribution in [0.15, 0.2) is 18.2 Å². The molecule has 1 aromatic carbocycles. The van der Waals surface area contributed by atoms with Gasteiger partial charge in [0.05, 0.1) is 5.02 Å². The maximum absolute atomic E-state index is 12.7. The lowest BCUT2D eigenvalue weighted by atomic mass is 10.2. The van der Waals surface area contributed by atoms with Crippen molar-refractivity contribution in [2.75, 3.05) is 0 Å². The first-order valence-electron chi connectivity index (χ1n) is 5.11. The number of nitrogens with zero attached hydrogens (tertiary/aromatic N) is 4. The molecule has 0 N–H and O–H groups in total. The number of hydrogen-bond acceptors (Lipinski definition) is 4. The fourth-order valence-electron chi connectivity index (χ4n) is 1.57. The van der Waals surface area contributed by atoms with E-state index in [2.05, 4.69) is 15.3 Å². The average molecular weight is 339 g/mol. The zero-order valence-corrected chi connectivity index (χ0v) is 11.6. The molecule has 0 aliphatic carbocycles. The molecule has 0 radical (unpaired) electrons. The molecule has 0 aliphatic heterocycles. The van der Waals surface area contributed by atoms with Crippen LogP contribution in [-0.4, -0.2) is 19.8 Å². The Morgan fingerprint density at radius 3 is 2.55 bits per heavy atom. The zero-order valence-electron chi connectivity index (χ0n) is 9.32. The molecule has 104 valence electrons. The highest BCUT2D eigenvalue weighted by atomic mass is 35.5. The lowest BCUT2D eigenvalue weighted by Gasteiger charge is -2.01. The summed E-state index contributed by atoms with van der Waals surface area (Å²) in [5.74, 6) is -1.17. The molecule has 0 spiro atoms. The summed E-state index contributed by atoms with van der Waals surface area (Å²) in [6.45, 7) is 0. The van der Waals surface area contributed by atoms with Gasteiger partial charge < -0.3 is 0 Å². The summed E-state index contributed by atoms with van der Waals surface area (Å²) in [5.41, 5.74) is 0.486. The molecule has 0 aliphatic rings. The van der Waals surface area contributed by atoms with Gasteiger partial charge in [0.25, 0.3) is 5.82 Å². The summed E-state index contributed by atoms with van der Waals surface area (Å²) in [6, 6.07) is 4.66. The number of aromatic nitrogens is 4. The number of hydrogen-bond donors (Lipinski definition) is 0. The molecule has 2 aromatic heterocycles. The first-order valence-corrected chi connectivity index (χ1v) is 6.68. The highest BCUT2D eigenvalue weighted by molar-refractivity contribution is 7.19. The second kappa shape index (κ2) is 4.57. The summed E-state index contributed by atoms with van der Waals surface area (Å²) < 4.78 is 38.7. The molecule has 2 heterocycles. The van der Waals surface area contributed by atoms with Crippen molar-refractivity contribution < 1.29 is 13.2 Å². The lowest BCUT2D eigenvalue weighted by Crippen LogP contribution is -2.11. The fourth-order valence-corrected chi connectivity index (χ4v) is 3.00. The van der Waals surface area contributed by atoms with Crippen molar-refractivity contribution in [3.8, 4) is 10.6 Å². The Morgan fingerprint density at radius 2 is 1.90 bits per heavy atom. The Labute approximate surface area is 123 Å². The van der Waals surface area contributed by atoms with Gasteiger partial charge in [-0.15, -0.1) is 10.2 Å². The molecule has 20 heavy (non-hydrogen) atoms. The van der Waals surface area contributed by atoms with Crippen LogP contribution in [0.4, 0.5) is 13.2 Å². The van der Waals surface area contributed by atoms with Crippen LogP contribution in [0, 0.1) is 0 Å². The minimum absolute atomic E-state index is 0.0401. The number of fused-ring (bicyclic) bond motifs is 1. The molecule has 0 bridgehead atoms. The van der Waals surface area contributed by atoms with Crippen LogP contribution >= 0.6 is 34.5 Å². The van der Waals surface area contributed by atoms with Gasteiger partial charge in [-0.25, -0.2) is 0 Å². The van der Waals surface area contributed by atoms with Crippen molar-refractivity contribution in [1.82, 2.24) is 19.8 Å². The van der Waals surface area contributed by atoms with Crippen molar-refractivity contribution in [3.05, 3.63) is 34.1 Å². The van der Waals surface area contributed by atoms with Gasteiger partial charge in [-0.3, -0.25) is 0 Å².